The Kier molecular flexibility index (Phi) is 10.7. The van der Waals surface area contributed by atoms with Gasteiger partial charge in [-0.1, -0.05) is 27.7 Å². The fourth-order valence-corrected chi connectivity index (χ4v) is 8.31. The van der Waals surface area contributed by atoms with Gasteiger partial charge in [-0.05, 0) is 67.0 Å². The monoisotopic (exact) mass is 655 g/mol. The standard InChI is InChI=1S/C33H54FN3O9/c1-12-22-33(8)25-19(4)23(35-13-14-37(25)30(41)46-33)17(2)16-31(6,42-11)27(20(5)26(39)32(7,34)29(40)44-22)45-28-24(38)21(36(9)10)15-18(3)43-28/h17-22,24-25,27-28,38H,12-16H2,1-11H3/t17-,18-,19-,20+,21+,22+,24-,25+,27-,28+,31-,32+,33-/m1/s1. The Morgan fingerprint density at radius 1 is 1.11 bits per heavy atom. The predicted octanol–water partition coefficient (Wildman–Crippen LogP) is 3.17. The third-order valence-corrected chi connectivity index (χ3v) is 10.9. The number of alkyl halides is 1. The van der Waals surface area contributed by atoms with Crippen LogP contribution in [0.25, 0.3) is 0 Å². The summed E-state index contributed by atoms with van der Waals surface area (Å²) < 4.78 is 47.0. The second-order valence-electron chi connectivity index (χ2n) is 14.5. The van der Waals surface area contributed by atoms with E-state index >= 15 is 4.39 Å². The first kappa shape index (κ1) is 36.6. The molecule has 4 rings (SSSR count). The average molecular weight is 656 g/mol. The number of likely N-dealkylation sites (N-methyl/N-ethyl adjacent to an activating group) is 1. The number of aliphatic hydroxyl groups is 1. The van der Waals surface area contributed by atoms with Crippen LogP contribution in [-0.4, -0.2) is 132 Å². The molecule has 1 amide bonds. The molecule has 0 aliphatic carbocycles. The normalized spacial score (nSPS) is 45.9. The summed E-state index contributed by atoms with van der Waals surface area (Å²) in [7, 11) is 5.19. The summed E-state index contributed by atoms with van der Waals surface area (Å²) in [5.41, 5.74) is -4.83. The molecule has 0 spiro atoms. The van der Waals surface area contributed by atoms with Gasteiger partial charge < -0.3 is 33.7 Å². The van der Waals surface area contributed by atoms with Crippen LogP contribution >= 0.6 is 0 Å². The van der Waals surface area contributed by atoms with Crippen LogP contribution in [0.1, 0.15) is 74.7 Å². The van der Waals surface area contributed by atoms with Crippen molar-refractivity contribution in [2.24, 2.45) is 22.7 Å². The minimum absolute atomic E-state index is 0.212. The second kappa shape index (κ2) is 13.4. The lowest BCUT2D eigenvalue weighted by molar-refractivity contribution is -0.295. The number of hydrogen-bond donors (Lipinski definition) is 1. The number of hydrogen-bond acceptors (Lipinski definition) is 11. The Bertz CT molecular complexity index is 1200. The third-order valence-electron chi connectivity index (χ3n) is 10.9. The SMILES string of the molecule is CC[C@@H]1OC(=O)[C@@](C)(F)C(=O)[C@H](C)[C@@H](O[C@@H]2O[C@H](C)C[C@H](N(C)C)[C@H]2O)[C@](C)(OC)C[C@@H](C)C2=NCCN3C(=O)O[C@@]1(C)[C@@H]3[C@@H]2C. The van der Waals surface area contributed by atoms with Crippen LogP contribution in [0.3, 0.4) is 0 Å². The summed E-state index contributed by atoms with van der Waals surface area (Å²) in [4.78, 5) is 49.3. The van der Waals surface area contributed by atoms with Gasteiger partial charge in [-0.25, -0.2) is 14.0 Å². The second-order valence-corrected chi connectivity index (χ2v) is 14.5. The van der Waals surface area contributed by atoms with E-state index in [0.717, 1.165) is 12.6 Å². The molecule has 12 nitrogen and oxygen atoms in total. The molecule has 13 heteroatoms. The van der Waals surface area contributed by atoms with Crippen molar-refractivity contribution >= 4 is 23.6 Å². The van der Waals surface area contributed by atoms with Crippen LogP contribution in [0.15, 0.2) is 4.99 Å². The Labute approximate surface area is 272 Å². The predicted molar refractivity (Wildman–Crippen MR) is 167 cm³/mol. The highest BCUT2D eigenvalue weighted by molar-refractivity contribution is 6.08. The van der Waals surface area contributed by atoms with E-state index < -0.39 is 71.3 Å². The van der Waals surface area contributed by atoms with Crippen molar-refractivity contribution in [3.63, 3.8) is 0 Å². The maximum absolute atomic E-state index is 16.6. The van der Waals surface area contributed by atoms with Crippen LogP contribution in [-0.2, 0) is 33.3 Å². The number of fused-ring (bicyclic) bond motifs is 1. The summed E-state index contributed by atoms with van der Waals surface area (Å²) in [5.74, 6) is -4.26. The number of ether oxygens (including phenoxy) is 5. The van der Waals surface area contributed by atoms with Crippen LogP contribution in [0.5, 0.6) is 0 Å². The van der Waals surface area contributed by atoms with E-state index in [4.69, 9.17) is 28.7 Å². The minimum atomic E-state index is -3.08. The summed E-state index contributed by atoms with van der Waals surface area (Å²) >= 11 is 0. The Hall–Kier alpha value is -2.19. The molecule has 0 aromatic rings. The number of halogens is 1. The van der Waals surface area contributed by atoms with Crippen molar-refractivity contribution in [1.29, 1.82) is 0 Å². The molecule has 0 aromatic heterocycles. The van der Waals surface area contributed by atoms with Gasteiger partial charge in [0.1, 0.15) is 12.2 Å². The summed E-state index contributed by atoms with van der Waals surface area (Å²) in [6.07, 6.45) is -4.22. The molecular formula is C33H54FN3O9. The van der Waals surface area contributed by atoms with Gasteiger partial charge in [0.2, 0.25) is 0 Å². The smallest absolute Gasteiger partial charge is 0.410 e. The molecule has 46 heavy (non-hydrogen) atoms. The largest absolute Gasteiger partial charge is 0.455 e. The minimum Gasteiger partial charge on any atom is -0.455 e. The molecule has 1 N–H and O–H groups in total. The Balaban J connectivity index is 1.84. The number of ketones is 1. The summed E-state index contributed by atoms with van der Waals surface area (Å²) in [6.45, 7) is 14.1. The molecule has 0 saturated carbocycles. The molecular weight excluding hydrogens is 601 g/mol. The summed E-state index contributed by atoms with van der Waals surface area (Å²) in [6, 6.07) is -0.867. The maximum atomic E-state index is 16.6. The lowest BCUT2D eigenvalue weighted by atomic mass is 9.73. The fraction of sp³-hybridized carbons (Fsp3) is 0.879. The van der Waals surface area contributed by atoms with Gasteiger partial charge in [0, 0.05) is 37.2 Å². The van der Waals surface area contributed by atoms with E-state index in [0.29, 0.717) is 19.5 Å². The first-order chi connectivity index (χ1) is 21.3. The molecule has 3 fully saturated rings. The highest BCUT2D eigenvalue weighted by Gasteiger charge is 2.61. The molecule has 4 aliphatic heterocycles. The van der Waals surface area contributed by atoms with Crippen LogP contribution in [0.2, 0.25) is 0 Å². The van der Waals surface area contributed by atoms with Gasteiger partial charge in [0.25, 0.3) is 5.67 Å². The van der Waals surface area contributed by atoms with Crippen molar-refractivity contribution in [1.82, 2.24) is 9.80 Å². The molecule has 0 radical (unpaired) electrons. The van der Waals surface area contributed by atoms with Crippen LogP contribution in [0, 0.1) is 17.8 Å². The van der Waals surface area contributed by atoms with Crippen LogP contribution in [0.4, 0.5) is 9.18 Å². The molecule has 3 saturated heterocycles. The lowest BCUT2D eigenvalue weighted by Gasteiger charge is -2.47. The zero-order valence-corrected chi connectivity index (χ0v) is 29.2. The number of Topliss-reactive ketones (excluding diaryl/α,β-unsaturated/α-hetero) is 1. The summed E-state index contributed by atoms with van der Waals surface area (Å²) in [5, 5.41) is 11.3. The van der Waals surface area contributed by atoms with Gasteiger partial charge in [-0.3, -0.25) is 14.7 Å². The molecule has 4 aliphatic rings. The van der Waals surface area contributed by atoms with Crippen LogP contribution < -0.4 is 0 Å². The highest BCUT2D eigenvalue weighted by atomic mass is 19.1. The topological polar surface area (TPSA) is 136 Å². The van der Waals surface area contributed by atoms with Crippen molar-refractivity contribution in [3.05, 3.63) is 0 Å². The Morgan fingerprint density at radius 2 is 1.76 bits per heavy atom. The molecule has 13 atom stereocenters. The van der Waals surface area contributed by atoms with E-state index in [2.05, 4.69) is 0 Å². The van der Waals surface area contributed by atoms with Crippen molar-refractivity contribution < 1.29 is 47.6 Å². The molecule has 0 unspecified atom stereocenters. The van der Waals surface area contributed by atoms with Gasteiger partial charge in [0.05, 0.1) is 30.4 Å². The van der Waals surface area contributed by atoms with Gasteiger partial charge >= 0.3 is 12.1 Å². The van der Waals surface area contributed by atoms with E-state index in [1.807, 2.05) is 39.8 Å². The van der Waals surface area contributed by atoms with Gasteiger partial charge in [0.15, 0.2) is 17.7 Å². The zero-order valence-electron chi connectivity index (χ0n) is 29.2. The number of carbonyl (C=O) groups excluding carboxylic acids is 3. The molecule has 4 heterocycles. The molecule has 262 valence electrons. The number of amides is 1. The number of aliphatic hydroxyl groups excluding tert-OH is 1. The number of methoxy groups -OCH3 is 1. The van der Waals surface area contributed by atoms with Crippen molar-refractivity contribution in [2.45, 2.75) is 134 Å². The van der Waals surface area contributed by atoms with E-state index in [-0.39, 0.29) is 36.8 Å². The van der Waals surface area contributed by atoms with E-state index in [1.54, 1.807) is 25.7 Å². The highest BCUT2D eigenvalue weighted by Crippen LogP contribution is 2.44. The average Bonchev–Trinajstić information content (AvgIpc) is 3.11. The first-order valence-electron chi connectivity index (χ1n) is 16.5. The number of cyclic esters (lactones) is 1. The number of aliphatic imine (C=N–C) groups is 1. The zero-order chi connectivity index (χ0) is 34.5. The molecule has 2 bridgehead atoms. The van der Waals surface area contributed by atoms with Crippen molar-refractivity contribution in [3.8, 4) is 0 Å². The third kappa shape index (κ3) is 6.34. The first-order valence-corrected chi connectivity index (χ1v) is 16.5. The van der Waals surface area contributed by atoms with Gasteiger partial charge in [-0.2, -0.15) is 0 Å². The lowest BCUT2D eigenvalue weighted by Crippen LogP contribution is -2.61. The fourth-order valence-electron chi connectivity index (χ4n) is 8.31. The van der Waals surface area contributed by atoms with E-state index in [9.17, 15) is 19.5 Å². The van der Waals surface area contributed by atoms with E-state index in [1.165, 1.54) is 14.0 Å². The maximum Gasteiger partial charge on any atom is 0.410 e. The molecule has 0 aromatic carbocycles. The number of esters is 1. The number of nitrogens with zero attached hydrogens (tertiary/aromatic N) is 3. The number of rotatable bonds is 5. The number of carbonyl (C=O) groups is 3. The van der Waals surface area contributed by atoms with Gasteiger partial charge in [-0.15, -0.1) is 0 Å². The van der Waals surface area contributed by atoms with Crippen molar-refractivity contribution in [2.75, 3.05) is 34.3 Å². The quantitative estimate of drug-likeness (QED) is 0.348. The Morgan fingerprint density at radius 3 is 2.35 bits per heavy atom.